The topological polar surface area (TPSA) is 84.3 Å². The Morgan fingerprint density at radius 3 is 1.29 bits per heavy atom. The van der Waals surface area contributed by atoms with Crippen LogP contribution in [0.5, 0.6) is 0 Å². The Hall–Kier alpha value is -2.12. The van der Waals surface area contributed by atoms with Crippen molar-refractivity contribution in [3.8, 4) is 0 Å². The van der Waals surface area contributed by atoms with Crippen LogP contribution in [0, 0.1) is 0 Å². The van der Waals surface area contributed by atoms with E-state index in [1.165, 1.54) is 0 Å². The zero-order valence-electron chi connectivity index (χ0n) is 7.50. The molecular weight excluding hydrogens is 188 g/mol. The van der Waals surface area contributed by atoms with Crippen molar-refractivity contribution >= 4 is 23.3 Å². The second-order valence-electron chi connectivity index (χ2n) is 2.94. The van der Waals surface area contributed by atoms with E-state index in [9.17, 15) is 0 Å². The zero-order valence-corrected chi connectivity index (χ0v) is 7.50. The van der Waals surface area contributed by atoms with Crippen LogP contribution < -0.4 is 9.80 Å². The van der Waals surface area contributed by atoms with E-state index >= 15 is 0 Å². The molecule has 0 bridgehead atoms. The van der Waals surface area contributed by atoms with E-state index in [4.69, 9.17) is 0 Å². The van der Waals surface area contributed by atoms with Crippen molar-refractivity contribution in [2.24, 2.45) is 0 Å². The smallest absolute Gasteiger partial charge is 0.223 e. The monoisotopic (exact) mass is 194 g/mol. The number of fused-ring (bicyclic) bond motifs is 2. The Bertz CT molecular complexity index is 395. The summed E-state index contributed by atoms with van der Waals surface area (Å²) in [6, 6.07) is 0. The molecule has 0 saturated heterocycles. The molecule has 0 fully saturated rings. The normalized spacial score (nSPS) is 14.1. The van der Waals surface area contributed by atoms with E-state index in [0.717, 1.165) is 0 Å². The minimum absolute atomic E-state index is 0.593. The van der Waals surface area contributed by atoms with Crippen LogP contribution in [0.4, 0.5) is 23.3 Å². The van der Waals surface area contributed by atoms with Gasteiger partial charge in [0.05, 0.1) is 0 Å². The molecule has 0 N–H and O–H groups in total. The Labute approximate surface area is 78.0 Å². The van der Waals surface area contributed by atoms with Gasteiger partial charge in [0.1, 0.15) is 0 Å². The van der Waals surface area contributed by atoms with Crippen LogP contribution in [0.3, 0.4) is 0 Å². The van der Waals surface area contributed by atoms with Crippen LogP contribution in [-0.4, -0.2) is 34.7 Å². The Morgan fingerprint density at radius 2 is 1.00 bits per heavy atom. The maximum absolute atomic E-state index is 4.64. The van der Waals surface area contributed by atoms with E-state index in [2.05, 4.69) is 29.9 Å². The van der Waals surface area contributed by atoms with Crippen LogP contribution >= 0.6 is 0 Å². The minimum atomic E-state index is 0.593. The fourth-order valence-electron chi connectivity index (χ4n) is 1.40. The summed E-state index contributed by atoms with van der Waals surface area (Å²) in [5.74, 6) is 2.37. The Kier molecular flexibility index (Phi) is 1.16. The molecule has 0 radical (unpaired) electrons. The fourth-order valence-corrected chi connectivity index (χ4v) is 1.40. The number of rotatable bonds is 0. The second kappa shape index (κ2) is 2.22. The molecular formula is C6H6N6O2. The van der Waals surface area contributed by atoms with Crippen molar-refractivity contribution in [3.63, 3.8) is 0 Å². The van der Waals surface area contributed by atoms with Crippen molar-refractivity contribution < 1.29 is 9.26 Å². The molecule has 14 heavy (non-hydrogen) atoms. The predicted molar refractivity (Wildman–Crippen MR) is 44.7 cm³/mol. The molecule has 0 saturated carbocycles. The molecule has 0 aromatic carbocycles. The number of aromatic nitrogens is 4. The molecule has 1 aliphatic rings. The van der Waals surface area contributed by atoms with Crippen molar-refractivity contribution in [2.75, 3.05) is 23.9 Å². The van der Waals surface area contributed by atoms with Gasteiger partial charge in [-0.2, -0.15) is 0 Å². The van der Waals surface area contributed by atoms with Gasteiger partial charge in [-0.15, -0.1) is 0 Å². The van der Waals surface area contributed by atoms with Crippen LogP contribution in [0.15, 0.2) is 9.26 Å². The number of hydrogen-bond donors (Lipinski definition) is 0. The maximum Gasteiger partial charge on any atom is 0.223 e. The second-order valence-corrected chi connectivity index (χ2v) is 2.94. The highest BCUT2D eigenvalue weighted by atomic mass is 16.6. The van der Waals surface area contributed by atoms with E-state index < -0.39 is 0 Å². The lowest BCUT2D eigenvalue weighted by Gasteiger charge is -2.24. The summed E-state index contributed by atoms with van der Waals surface area (Å²) >= 11 is 0. The molecule has 72 valence electrons. The molecule has 8 nitrogen and oxygen atoms in total. The highest BCUT2D eigenvalue weighted by Gasteiger charge is 2.33. The van der Waals surface area contributed by atoms with Crippen molar-refractivity contribution in [1.82, 2.24) is 20.6 Å². The SMILES string of the molecule is CN1c2nonc2N(C)c2nonc21. The Morgan fingerprint density at radius 1 is 0.714 bits per heavy atom. The zero-order chi connectivity index (χ0) is 9.71. The summed E-state index contributed by atoms with van der Waals surface area (Å²) < 4.78 is 9.28. The first-order chi connectivity index (χ1) is 6.79. The highest BCUT2D eigenvalue weighted by molar-refractivity contribution is 5.83. The molecule has 3 heterocycles. The van der Waals surface area contributed by atoms with Gasteiger partial charge in [0, 0.05) is 14.1 Å². The molecule has 2 aromatic heterocycles. The first-order valence-corrected chi connectivity index (χ1v) is 3.91. The van der Waals surface area contributed by atoms with Gasteiger partial charge >= 0.3 is 0 Å². The van der Waals surface area contributed by atoms with Crippen LogP contribution in [0.25, 0.3) is 0 Å². The van der Waals surface area contributed by atoms with Gasteiger partial charge in [0.2, 0.25) is 23.3 Å². The standard InChI is InChI=1S/C6H6N6O2/c1-11-3-5(9-13-7-3)12(2)6-4(11)8-14-10-6/h1-2H3. The van der Waals surface area contributed by atoms with Gasteiger partial charge in [-0.25, -0.2) is 9.26 Å². The molecule has 0 spiro atoms. The van der Waals surface area contributed by atoms with E-state index in [1.54, 1.807) is 23.9 Å². The lowest BCUT2D eigenvalue weighted by atomic mass is 10.4. The highest BCUT2D eigenvalue weighted by Crippen LogP contribution is 2.41. The van der Waals surface area contributed by atoms with Crippen molar-refractivity contribution in [2.45, 2.75) is 0 Å². The van der Waals surface area contributed by atoms with E-state index in [0.29, 0.717) is 23.3 Å². The van der Waals surface area contributed by atoms with Gasteiger partial charge in [-0.1, -0.05) is 0 Å². The molecule has 3 rings (SSSR count). The first-order valence-electron chi connectivity index (χ1n) is 3.91. The van der Waals surface area contributed by atoms with Crippen molar-refractivity contribution in [3.05, 3.63) is 0 Å². The third kappa shape index (κ3) is 0.679. The number of hydrogen-bond acceptors (Lipinski definition) is 8. The van der Waals surface area contributed by atoms with Gasteiger partial charge in [0.25, 0.3) is 0 Å². The molecule has 0 atom stereocenters. The summed E-state index contributed by atoms with van der Waals surface area (Å²) in [5, 5.41) is 15.0. The van der Waals surface area contributed by atoms with Crippen LogP contribution in [-0.2, 0) is 0 Å². The maximum atomic E-state index is 4.64. The van der Waals surface area contributed by atoms with Gasteiger partial charge in [0.15, 0.2) is 0 Å². The molecule has 1 aliphatic heterocycles. The lowest BCUT2D eigenvalue weighted by molar-refractivity contribution is 0.303. The molecule has 0 unspecified atom stereocenters. The van der Waals surface area contributed by atoms with E-state index in [1.807, 2.05) is 0 Å². The molecule has 8 heteroatoms. The molecule has 0 amide bonds. The first kappa shape index (κ1) is 7.30. The third-order valence-electron chi connectivity index (χ3n) is 2.18. The quantitative estimate of drug-likeness (QED) is 0.592. The van der Waals surface area contributed by atoms with Gasteiger partial charge < -0.3 is 9.80 Å². The molecule has 0 aliphatic carbocycles. The van der Waals surface area contributed by atoms with Crippen molar-refractivity contribution in [1.29, 1.82) is 0 Å². The summed E-state index contributed by atoms with van der Waals surface area (Å²) in [5.41, 5.74) is 0. The largest absolute Gasteiger partial charge is 0.302 e. The number of anilines is 4. The van der Waals surface area contributed by atoms with Crippen LogP contribution in [0.2, 0.25) is 0 Å². The fraction of sp³-hybridized carbons (Fsp3) is 0.333. The average Bonchev–Trinajstić information content (AvgIpc) is 2.82. The number of nitrogens with zero attached hydrogens (tertiary/aromatic N) is 6. The third-order valence-corrected chi connectivity index (χ3v) is 2.18. The van der Waals surface area contributed by atoms with Crippen LogP contribution in [0.1, 0.15) is 0 Å². The Balaban J connectivity index is 2.26. The predicted octanol–water partition coefficient (Wildman–Crippen LogP) is 0.302. The summed E-state index contributed by atoms with van der Waals surface area (Å²) in [6.07, 6.45) is 0. The summed E-state index contributed by atoms with van der Waals surface area (Å²) in [4.78, 5) is 3.41. The van der Waals surface area contributed by atoms with Gasteiger partial charge in [-0.3, -0.25) is 0 Å². The minimum Gasteiger partial charge on any atom is -0.302 e. The van der Waals surface area contributed by atoms with E-state index in [-0.39, 0.29) is 0 Å². The summed E-state index contributed by atoms with van der Waals surface area (Å²) in [7, 11) is 3.58. The average molecular weight is 194 g/mol. The lowest BCUT2D eigenvalue weighted by Crippen LogP contribution is -2.24. The van der Waals surface area contributed by atoms with Gasteiger partial charge in [-0.05, 0) is 20.6 Å². The molecule has 2 aromatic rings. The summed E-state index contributed by atoms with van der Waals surface area (Å²) in [6.45, 7) is 0.